The van der Waals surface area contributed by atoms with Crippen LogP contribution in [0.4, 0.5) is 0 Å². The van der Waals surface area contributed by atoms with Crippen LogP contribution in [-0.2, 0) is 64.0 Å². The molecule has 1 fully saturated rings. The van der Waals surface area contributed by atoms with Gasteiger partial charge in [-0.05, 0) is 70.1 Å². The van der Waals surface area contributed by atoms with Crippen molar-refractivity contribution in [2.24, 2.45) is 77.5 Å². The lowest BCUT2D eigenvalue weighted by Gasteiger charge is -2.40. The molecular formula is C54H93N25O14S2. The van der Waals surface area contributed by atoms with Crippen LogP contribution in [-0.4, -0.2) is 219 Å². The smallest absolute Gasteiger partial charge is 0.326 e. The summed E-state index contributed by atoms with van der Waals surface area (Å²) in [6, 6.07) is -13.4. The predicted octanol–water partition coefficient (Wildman–Crippen LogP) is -8.08. The maximum atomic E-state index is 14.6. The van der Waals surface area contributed by atoms with Crippen LogP contribution in [0.25, 0.3) is 0 Å². The zero-order chi connectivity index (χ0) is 70.8. The van der Waals surface area contributed by atoms with Crippen LogP contribution in [0.1, 0.15) is 109 Å². The number of carbonyl (C=O) groups is 12. The highest BCUT2D eigenvalue weighted by atomic mass is 33.1. The summed E-state index contributed by atoms with van der Waals surface area (Å²) in [5, 5.41) is 44.7. The highest BCUT2D eigenvalue weighted by molar-refractivity contribution is 8.77. The van der Waals surface area contributed by atoms with Gasteiger partial charge in [-0.15, -0.1) is 0 Å². The molecule has 1 aliphatic carbocycles. The van der Waals surface area contributed by atoms with Gasteiger partial charge in [0.15, 0.2) is 23.8 Å². The van der Waals surface area contributed by atoms with Gasteiger partial charge in [-0.1, -0.05) is 54.7 Å². The molecule has 10 amide bonds. The van der Waals surface area contributed by atoms with Crippen molar-refractivity contribution in [3.63, 3.8) is 0 Å². The van der Waals surface area contributed by atoms with Crippen molar-refractivity contribution in [2.45, 2.75) is 169 Å². The molecule has 0 aromatic carbocycles. The van der Waals surface area contributed by atoms with Crippen molar-refractivity contribution >= 4 is 116 Å². The molecule has 3 rings (SSSR count). The lowest BCUT2D eigenvalue weighted by molar-refractivity contribution is -0.142. The van der Waals surface area contributed by atoms with Gasteiger partial charge >= 0.3 is 11.9 Å². The summed E-state index contributed by atoms with van der Waals surface area (Å²) < 4.78 is -1.01. The first-order valence-electron chi connectivity index (χ1n) is 30.6. The van der Waals surface area contributed by atoms with Crippen LogP contribution in [0.5, 0.6) is 0 Å². The van der Waals surface area contributed by atoms with Gasteiger partial charge in [0.1, 0.15) is 48.3 Å². The highest BCUT2D eigenvalue weighted by Gasteiger charge is 2.44. The Morgan fingerprint density at radius 2 is 1.22 bits per heavy atom. The molecule has 1 aliphatic heterocycles. The summed E-state index contributed by atoms with van der Waals surface area (Å²) in [7, 11) is 2.20. The number of aliphatic imine (C=N–C) groups is 4. The lowest BCUT2D eigenvalue weighted by atomic mass is 9.83. The zero-order valence-corrected chi connectivity index (χ0v) is 54.7. The molecular weight excluding hydrogens is 1290 g/mol. The number of aromatic nitrogens is 2. The molecule has 0 unspecified atom stereocenters. The summed E-state index contributed by atoms with van der Waals surface area (Å²) in [5.41, 5.74) is 52.3. The molecule has 530 valence electrons. The van der Waals surface area contributed by atoms with E-state index in [0.29, 0.717) is 31.4 Å². The van der Waals surface area contributed by atoms with Crippen molar-refractivity contribution < 1.29 is 67.7 Å². The Balaban J connectivity index is 2.12. The molecule has 9 atom stereocenters. The number of hydrogen-bond donors (Lipinski definition) is 22. The number of carboxylic acids is 2. The molecule has 1 aromatic rings. The minimum Gasteiger partial charge on any atom is -0.481 e. The van der Waals surface area contributed by atoms with Crippen LogP contribution >= 0.6 is 21.6 Å². The van der Waals surface area contributed by atoms with Gasteiger partial charge in [0, 0.05) is 50.2 Å². The predicted molar refractivity (Wildman–Crippen MR) is 352 cm³/mol. The minimum absolute atomic E-state index is 0.0116. The normalized spacial score (nSPS) is 23.7. The van der Waals surface area contributed by atoms with E-state index in [1.807, 2.05) is 0 Å². The molecule has 0 radical (unpaired) electrons. The van der Waals surface area contributed by atoms with E-state index in [4.69, 9.17) is 51.6 Å². The first kappa shape index (κ1) is 80.0. The van der Waals surface area contributed by atoms with E-state index in [1.165, 1.54) is 26.4 Å². The summed E-state index contributed by atoms with van der Waals surface area (Å²) in [6.45, 7) is 1.31. The second kappa shape index (κ2) is 41.5. The average molecular weight is 1380 g/mol. The summed E-state index contributed by atoms with van der Waals surface area (Å²) in [4.78, 5) is 187. The molecule has 0 bridgehead atoms. The molecule has 39 nitrogen and oxygen atoms in total. The average Bonchev–Trinajstić information content (AvgIpc) is 1.64. The van der Waals surface area contributed by atoms with E-state index < -0.39 is 156 Å². The van der Waals surface area contributed by atoms with Gasteiger partial charge in [0.05, 0.1) is 36.6 Å². The highest BCUT2D eigenvalue weighted by Crippen LogP contribution is 2.48. The van der Waals surface area contributed by atoms with Gasteiger partial charge in [-0.2, -0.15) is 0 Å². The molecule has 95 heavy (non-hydrogen) atoms. The number of hydrogen-bond acceptors (Lipinski definition) is 22. The number of imidazole rings is 1. The van der Waals surface area contributed by atoms with Crippen LogP contribution in [0, 0.1) is 5.92 Å². The fraction of sp³-hybridized carbons (Fsp3) is 0.648. The van der Waals surface area contributed by atoms with E-state index >= 15 is 0 Å². The number of carbonyl (C=O) groups excluding carboxylic acids is 10. The van der Waals surface area contributed by atoms with Crippen molar-refractivity contribution in [3.8, 4) is 0 Å². The SMILES string of the molecule is CC(C)[C@H]1NC(=O)[C@H](CC(=O)O)NC(=O)CNC(=O)[C@H](CCCN=C(N)N)NC(=O)[C@@H](Cc2cnc[nH]2)NC(=O)CNC(=O)[C@@H](N)CCCN=C(N)NC(=O)[C@H](N)C2(CCCCC2)SSC[C@@H](C(=O)N[C@@H](CCCN=C(N)N)C(=O)O)NC(=O)[C@H](CCCN=C(N)N)NC1=O. The van der Waals surface area contributed by atoms with Crippen molar-refractivity contribution in [1.82, 2.24) is 63.1 Å². The first-order valence-corrected chi connectivity index (χ1v) is 32.9. The van der Waals surface area contributed by atoms with E-state index in [2.05, 4.69) is 83.1 Å². The Bertz CT molecular complexity index is 2900. The topological polar surface area (TPSA) is 678 Å². The fourth-order valence-electron chi connectivity index (χ4n) is 9.59. The van der Waals surface area contributed by atoms with Crippen LogP contribution in [0.15, 0.2) is 32.5 Å². The Kier molecular flexibility index (Phi) is 34.9. The Morgan fingerprint density at radius 3 is 1.78 bits per heavy atom. The molecule has 41 heteroatoms. The number of amides is 10. The fourth-order valence-corrected chi connectivity index (χ4v) is 13.1. The van der Waals surface area contributed by atoms with Gasteiger partial charge in [-0.3, -0.25) is 78.0 Å². The quantitative estimate of drug-likeness (QED) is 0.0249. The van der Waals surface area contributed by atoms with Gasteiger partial charge < -0.3 is 115 Å². The number of carboxylic acid groups (broad SMARTS) is 2. The van der Waals surface area contributed by atoms with Crippen LogP contribution < -0.4 is 105 Å². The third-order valence-electron chi connectivity index (χ3n) is 14.7. The number of rotatable bonds is 20. The third kappa shape index (κ3) is 30.1. The Hall–Kier alpha value is -9.25. The summed E-state index contributed by atoms with van der Waals surface area (Å²) in [5.74, 6) is -14.8. The monoisotopic (exact) mass is 1380 g/mol. The number of nitrogens with one attached hydrogen (secondary N) is 11. The Morgan fingerprint density at radius 1 is 0.674 bits per heavy atom. The van der Waals surface area contributed by atoms with Crippen molar-refractivity contribution in [1.29, 1.82) is 0 Å². The maximum absolute atomic E-state index is 14.6. The number of aliphatic carboxylic acids is 2. The molecule has 1 aromatic heterocycles. The standard InChI is InChI=1S/C54H93N25O14S2/c1-27(2)39-47(90)75-31(12-8-17-66-51(59)60)43(86)77-35(46(89)76-32(49(92)93)13-9-18-67-52(61)62)25-94-95-54(14-4-3-5-15-54)40(56)48(91)79-53(63)68-19-6-10-29(55)41(84)69-23-36(80)72-33(20-28-22-64-26-71-28)44(87)74-30(11-7-16-65-50(57)58)42(85)70-24-37(81)73-34(21-38(82)83)45(88)78-39/h22,26-27,29-35,39-40H,3-21,23-25,55-56H2,1-2H3,(H,64,71)(H,69,84)(H,70,85)(H,72,80)(H,73,81)(H,74,87)(H,75,90)(H,76,89)(H,77,86)(H,78,88)(H,82,83)(H,92,93)(H4,57,58,65)(H4,59,60,66)(H4,61,62,67)(H3,63,68,79,91)/t29-,30-,31-,32-,33+,34-,35-,39+,40-/m0/s1. The van der Waals surface area contributed by atoms with Crippen molar-refractivity contribution in [2.75, 3.05) is 45.0 Å². The minimum atomic E-state index is -1.91. The van der Waals surface area contributed by atoms with E-state index in [9.17, 15) is 67.7 Å². The van der Waals surface area contributed by atoms with E-state index in [0.717, 1.165) is 28.0 Å². The van der Waals surface area contributed by atoms with Crippen LogP contribution in [0.3, 0.4) is 0 Å². The number of H-pyrrole nitrogens is 1. The van der Waals surface area contributed by atoms with E-state index in [-0.39, 0.29) is 114 Å². The van der Waals surface area contributed by atoms with Gasteiger partial charge in [-0.25, -0.2) is 9.78 Å². The third-order valence-corrected chi connectivity index (χ3v) is 18.0. The Labute approximate surface area is 555 Å². The first-order chi connectivity index (χ1) is 44.9. The second-order valence-corrected chi connectivity index (χ2v) is 25.4. The maximum Gasteiger partial charge on any atom is 0.326 e. The molecule has 0 saturated heterocycles. The lowest BCUT2D eigenvalue weighted by Crippen LogP contribution is -2.60. The number of nitrogens with two attached hydrogens (primary N) is 9. The summed E-state index contributed by atoms with van der Waals surface area (Å²) in [6.07, 6.45) is 4.15. The number of nitrogens with zero attached hydrogens (tertiary/aromatic N) is 5. The molecule has 2 aliphatic rings. The van der Waals surface area contributed by atoms with E-state index in [1.54, 1.807) is 0 Å². The summed E-state index contributed by atoms with van der Waals surface area (Å²) >= 11 is 0. The second-order valence-electron chi connectivity index (χ2n) is 22.7. The largest absolute Gasteiger partial charge is 0.481 e. The molecule has 2 heterocycles. The zero-order valence-electron chi connectivity index (χ0n) is 53.0. The number of guanidine groups is 4. The number of aromatic amines is 1. The molecule has 1 spiro atoms. The van der Waals surface area contributed by atoms with Gasteiger partial charge in [0.2, 0.25) is 59.1 Å². The van der Waals surface area contributed by atoms with Crippen molar-refractivity contribution in [3.05, 3.63) is 18.2 Å². The molecule has 31 N–H and O–H groups in total. The van der Waals surface area contributed by atoms with Gasteiger partial charge in [0.25, 0.3) is 0 Å². The molecule has 1 saturated carbocycles. The van der Waals surface area contributed by atoms with Crippen LogP contribution in [0.2, 0.25) is 0 Å².